The number of carbonyl (C=O) groups excluding carboxylic acids is 3. The third kappa shape index (κ3) is 10.6. The van der Waals surface area contributed by atoms with Gasteiger partial charge in [0.1, 0.15) is 5.82 Å². The lowest BCUT2D eigenvalue weighted by Crippen LogP contribution is -2.24. The number of rotatable bonds is 16. The largest absolute Gasteiger partial charge is 0.454 e. The Bertz CT molecular complexity index is 1800. The highest BCUT2D eigenvalue weighted by atomic mass is 35.5. The zero-order valence-corrected chi connectivity index (χ0v) is 27.2. The van der Waals surface area contributed by atoms with Gasteiger partial charge in [-0.15, -0.1) is 0 Å². The van der Waals surface area contributed by atoms with Crippen LogP contribution in [0.1, 0.15) is 54.4 Å². The summed E-state index contributed by atoms with van der Waals surface area (Å²) >= 11 is 6.02. The number of nitrogens with one attached hydrogen (secondary N) is 4. The molecular formula is C34H32ClF4N7O4. The zero-order chi connectivity index (χ0) is 35.7. The van der Waals surface area contributed by atoms with E-state index in [1.54, 1.807) is 36.4 Å². The number of aromatic nitrogens is 3. The van der Waals surface area contributed by atoms with Gasteiger partial charge < -0.3 is 26.0 Å². The molecule has 16 heteroatoms. The highest BCUT2D eigenvalue weighted by Crippen LogP contribution is 2.48. The lowest BCUT2D eigenvalue weighted by atomic mass is 10.1. The molecule has 4 N–H and O–H groups in total. The number of benzene rings is 3. The number of amides is 2. The van der Waals surface area contributed by atoms with E-state index in [0.29, 0.717) is 47.8 Å². The van der Waals surface area contributed by atoms with Crippen LogP contribution in [0.3, 0.4) is 0 Å². The molecule has 1 aliphatic carbocycles. The minimum absolute atomic E-state index is 0.0146. The van der Waals surface area contributed by atoms with Crippen molar-refractivity contribution in [2.45, 2.75) is 50.2 Å². The first-order valence-corrected chi connectivity index (χ1v) is 16.0. The first kappa shape index (κ1) is 36.0. The van der Waals surface area contributed by atoms with E-state index >= 15 is 0 Å². The number of hydrogen-bond donors (Lipinski definition) is 4. The number of halogens is 5. The average molecular weight is 714 g/mol. The Morgan fingerprint density at radius 2 is 1.48 bits per heavy atom. The van der Waals surface area contributed by atoms with E-state index in [0.717, 1.165) is 18.4 Å². The smallest absolute Gasteiger partial charge is 0.422 e. The van der Waals surface area contributed by atoms with Crippen molar-refractivity contribution in [3.63, 3.8) is 0 Å². The maximum atomic E-state index is 13.0. The van der Waals surface area contributed by atoms with Gasteiger partial charge in [0.15, 0.2) is 6.61 Å². The predicted molar refractivity (Wildman–Crippen MR) is 178 cm³/mol. The van der Waals surface area contributed by atoms with Crippen LogP contribution in [0.25, 0.3) is 0 Å². The summed E-state index contributed by atoms with van der Waals surface area (Å²) in [5.74, 6) is -2.21. The van der Waals surface area contributed by atoms with Crippen LogP contribution in [-0.4, -0.2) is 51.9 Å². The van der Waals surface area contributed by atoms with Crippen molar-refractivity contribution in [2.75, 3.05) is 29.1 Å². The van der Waals surface area contributed by atoms with Crippen molar-refractivity contribution in [3.05, 3.63) is 94.8 Å². The van der Waals surface area contributed by atoms with Gasteiger partial charge in [-0.1, -0.05) is 30.2 Å². The fraction of sp³-hybridized carbons (Fsp3) is 0.294. The van der Waals surface area contributed by atoms with Gasteiger partial charge in [-0.2, -0.15) is 28.1 Å². The van der Waals surface area contributed by atoms with E-state index in [1.165, 1.54) is 24.3 Å². The van der Waals surface area contributed by atoms with E-state index in [-0.39, 0.29) is 24.2 Å². The van der Waals surface area contributed by atoms with Gasteiger partial charge >= 0.3 is 12.2 Å². The normalized spacial score (nSPS) is 13.2. The second kappa shape index (κ2) is 15.9. The van der Waals surface area contributed by atoms with Gasteiger partial charge in [-0.3, -0.25) is 14.4 Å². The molecule has 1 fully saturated rings. The molecule has 1 saturated carbocycles. The van der Waals surface area contributed by atoms with Gasteiger partial charge in [0.25, 0.3) is 11.8 Å². The molecule has 3 aromatic carbocycles. The first-order valence-electron chi connectivity index (χ1n) is 15.6. The highest BCUT2D eigenvalue weighted by molar-refractivity contribution is 6.40. The summed E-state index contributed by atoms with van der Waals surface area (Å²) in [4.78, 5) is 49.1. The lowest BCUT2D eigenvalue weighted by molar-refractivity contribution is -0.154. The Hall–Kier alpha value is -5.31. The van der Waals surface area contributed by atoms with Crippen LogP contribution in [0.15, 0.2) is 72.8 Å². The van der Waals surface area contributed by atoms with Crippen LogP contribution in [0, 0.1) is 5.82 Å². The number of hydrogen-bond acceptors (Lipinski definition) is 9. The van der Waals surface area contributed by atoms with Crippen LogP contribution in [0.5, 0.6) is 6.01 Å². The molecule has 11 nitrogen and oxygen atoms in total. The minimum Gasteiger partial charge on any atom is -0.454 e. The summed E-state index contributed by atoms with van der Waals surface area (Å²) in [6.45, 7) is -1.25. The maximum Gasteiger partial charge on any atom is 0.422 e. The number of unbranched alkanes of at least 4 members (excludes halogenated alkanes) is 2. The molecule has 0 saturated heterocycles. The molecule has 0 unspecified atom stereocenters. The van der Waals surface area contributed by atoms with E-state index in [2.05, 4.69) is 36.2 Å². The van der Waals surface area contributed by atoms with Crippen molar-refractivity contribution in [1.82, 2.24) is 20.3 Å². The van der Waals surface area contributed by atoms with Gasteiger partial charge in [0.05, 0.1) is 5.54 Å². The van der Waals surface area contributed by atoms with Gasteiger partial charge in [0.2, 0.25) is 17.7 Å². The van der Waals surface area contributed by atoms with Crippen LogP contribution < -0.4 is 26.0 Å². The topological polar surface area (TPSA) is 147 Å². The van der Waals surface area contributed by atoms with Crippen molar-refractivity contribution >= 4 is 52.5 Å². The van der Waals surface area contributed by atoms with E-state index < -0.39 is 41.8 Å². The number of ether oxygens (including phenoxy) is 1. The van der Waals surface area contributed by atoms with E-state index in [4.69, 9.17) is 16.3 Å². The molecule has 50 heavy (non-hydrogen) atoms. The molecule has 0 spiro atoms. The second-order valence-corrected chi connectivity index (χ2v) is 12.0. The molecule has 0 aliphatic heterocycles. The molecule has 5 rings (SSSR count). The fourth-order valence-corrected chi connectivity index (χ4v) is 4.97. The van der Waals surface area contributed by atoms with Crippen LogP contribution in [0.4, 0.5) is 40.8 Å². The van der Waals surface area contributed by atoms with E-state index in [9.17, 15) is 31.9 Å². The van der Waals surface area contributed by atoms with Gasteiger partial charge in [0, 0.05) is 34.9 Å². The number of anilines is 4. The van der Waals surface area contributed by atoms with Crippen LogP contribution in [-0.2, 0) is 15.1 Å². The SMILES string of the molecule is O=C(CCCCCNC(=O)c1ccc(Nc2nc(NC3(c4ccc(Cl)cc4)CC3)nc(OCC(F)(F)F)n2)cc1)C(=O)Nc1ccc(F)cc1. The summed E-state index contributed by atoms with van der Waals surface area (Å²) < 4.78 is 56.5. The van der Waals surface area contributed by atoms with Crippen molar-refractivity contribution in [3.8, 4) is 6.01 Å². The number of ketones is 1. The summed E-state index contributed by atoms with van der Waals surface area (Å²) in [6, 6.07) is 18.0. The molecule has 4 aromatic rings. The third-order valence-corrected chi connectivity index (χ3v) is 7.85. The van der Waals surface area contributed by atoms with E-state index in [1.807, 2.05) is 12.1 Å². The Morgan fingerprint density at radius 3 is 2.14 bits per heavy atom. The van der Waals surface area contributed by atoms with Crippen LogP contribution in [0.2, 0.25) is 5.02 Å². The van der Waals surface area contributed by atoms with Crippen molar-refractivity contribution in [1.29, 1.82) is 0 Å². The fourth-order valence-electron chi connectivity index (χ4n) is 4.85. The van der Waals surface area contributed by atoms with Gasteiger partial charge in [-0.25, -0.2) is 4.39 Å². The molecule has 0 bridgehead atoms. The summed E-state index contributed by atoms with van der Waals surface area (Å²) in [6.07, 6.45) is -1.47. The number of nitrogens with zero attached hydrogens (tertiary/aromatic N) is 3. The summed E-state index contributed by atoms with van der Waals surface area (Å²) in [7, 11) is 0. The average Bonchev–Trinajstić information content (AvgIpc) is 3.86. The number of Topliss-reactive ketones (excluding diaryl/α,β-unsaturated/α-hetero) is 1. The Balaban J connectivity index is 1.10. The predicted octanol–water partition coefficient (Wildman–Crippen LogP) is 6.95. The molecular weight excluding hydrogens is 682 g/mol. The Morgan fingerprint density at radius 1 is 0.820 bits per heavy atom. The summed E-state index contributed by atoms with van der Waals surface area (Å²) in [5, 5.41) is 11.9. The molecule has 1 aromatic heterocycles. The molecule has 262 valence electrons. The Kier molecular flexibility index (Phi) is 11.5. The van der Waals surface area contributed by atoms with Crippen molar-refractivity contribution < 1.29 is 36.7 Å². The first-order chi connectivity index (χ1) is 23.9. The number of carbonyl (C=O) groups is 3. The standard InChI is InChI=1S/C34H32ClF4N7O4/c35-23-9-7-22(8-10-23)33(17-18-33)46-31-43-30(44-32(45-31)50-20-34(37,38)39)42-26-13-5-21(6-14-26)28(48)40-19-3-1-2-4-27(47)29(49)41-25-15-11-24(36)12-16-25/h5-16H,1-4,17-20H2,(H,40,48)(H,41,49)(H2,42,43,44,45,46). The molecule has 1 aliphatic rings. The highest BCUT2D eigenvalue weighted by Gasteiger charge is 2.45. The quantitative estimate of drug-likeness (QED) is 0.0550. The summed E-state index contributed by atoms with van der Waals surface area (Å²) in [5.41, 5.74) is 1.54. The Labute approximate surface area is 289 Å². The van der Waals surface area contributed by atoms with Crippen LogP contribution >= 0.6 is 11.6 Å². The molecule has 0 atom stereocenters. The zero-order valence-electron chi connectivity index (χ0n) is 26.4. The molecule has 2 amide bonds. The number of alkyl halides is 3. The molecule has 0 radical (unpaired) electrons. The maximum absolute atomic E-state index is 13.0. The second-order valence-electron chi connectivity index (χ2n) is 11.5. The molecule has 1 heterocycles. The minimum atomic E-state index is -4.60. The third-order valence-electron chi connectivity index (χ3n) is 7.60. The monoisotopic (exact) mass is 713 g/mol. The lowest BCUT2D eigenvalue weighted by Gasteiger charge is -2.19. The van der Waals surface area contributed by atoms with Crippen molar-refractivity contribution in [2.24, 2.45) is 0 Å². The van der Waals surface area contributed by atoms with Gasteiger partial charge in [-0.05, 0) is 91.9 Å².